The van der Waals surface area contributed by atoms with Crippen LogP contribution in [0, 0.1) is 0 Å². The van der Waals surface area contributed by atoms with Gasteiger partial charge in [0.25, 0.3) is 0 Å². The van der Waals surface area contributed by atoms with Crippen molar-refractivity contribution in [3.63, 3.8) is 0 Å². The monoisotopic (exact) mass is 306 g/mol. The lowest BCUT2D eigenvalue weighted by molar-refractivity contribution is 0.0342. The Morgan fingerprint density at radius 2 is 2.05 bits per heavy atom. The molecule has 21 heavy (non-hydrogen) atoms. The summed E-state index contributed by atoms with van der Waals surface area (Å²) in [6.45, 7) is 5.39. The van der Waals surface area contributed by atoms with E-state index < -0.39 is 0 Å². The van der Waals surface area contributed by atoms with E-state index in [-0.39, 0.29) is 0 Å². The van der Waals surface area contributed by atoms with Crippen molar-refractivity contribution in [1.29, 1.82) is 0 Å². The minimum Gasteiger partial charge on any atom is -0.460 e. The number of hydrogen-bond donors (Lipinski definition) is 1. The van der Waals surface area contributed by atoms with E-state index in [0.717, 1.165) is 55.7 Å². The summed E-state index contributed by atoms with van der Waals surface area (Å²) in [6, 6.07) is 8.66. The fraction of sp³-hybridized carbons (Fsp3) is 0.500. The number of nitrogens with two attached hydrogens (primary N) is 1. The Kier molecular flexibility index (Phi) is 5.19. The fourth-order valence-corrected chi connectivity index (χ4v) is 3.23. The van der Waals surface area contributed by atoms with E-state index in [2.05, 4.69) is 29.2 Å². The maximum Gasteiger partial charge on any atom is 0.134 e. The number of fused-ring (bicyclic) bond motifs is 1. The van der Waals surface area contributed by atoms with Gasteiger partial charge < -0.3 is 14.9 Å². The van der Waals surface area contributed by atoms with Crippen LogP contribution >= 0.6 is 11.8 Å². The lowest BCUT2D eigenvalue weighted by Gasteiger charge is -2.26. The lowest BCUT2D eigenvalue weighted by Crippen LogP contribution is -2.35. The van der Waals surface area contributed by atoms with Gasteiger partial charge in [-0.1, -0.05) is 12.1 Å². The smallest absolute Gasteiger partial charge is 0.134 e. The van der Waals surface area contributed by atoms with Crippen LogP contribution in [-0.2, 0) is 17.0 Å². The summed E-state index contributed by atoms with van der Waals surface area (Å²) in [4.78, 5) is 2.42. The van der Waals surface area contributed by atoms with E-state index in [4.69, 9.17) is 14.9 Å². The van der Waals surface area contributed by atoms with Crippen LogP contribution in [-0.4, -0.2) is 43.5 Å². The number of furan rings is 1. The van der Waals surface area contributed by atoms with Gasteiger partial charge >= 0.3 is 0 Å². The number of nitrogens with zero attached hydrogens (tertiary/aromatic N) is 1. The van der Waals surface area contributed by atoms with E-state index in [1.807, 2.05) is 11.8 Å². The van der Waals surface area contributed by atoms with E-state index in [0.29, 0.717) is 6.54 Å². The molecule has 1 saturated heterocycles. The highest BCUT2D eigenvalue weighted by Gasteiger charge is 2.11. The van der Waals surface area contributed by atoms with Crippen molar-refractivity contribution in [3.8, 4) is 0 Å². The summed E-state index contributed by atoms with van der Waals surface area (Å²) >= 11 is 1.81. The zero-order chi connectivity index (χ0) is 14.5. The maximum atomic E-state index is 5.94. The van der Waals surface area contributed by atoms with Crippen molar-refractivity contribution < 1.29 is 9.15 Å². The molecule has 5 heteroatoms. The van der Waals surface area contributed by atoms with Crippen molar-refractivity contribution >= 4 is 22.7 Å². The first-order chi connectivity index (χ1) is 10.3. The fourth-order valence-electron chi connectivity index (χ4n) is 2.57. The molecule has 0 unspecified atom stereocenters. The molecule has 1 aromatic heterocycles. The largest absolute Gasteiger partial charge is 0.460 e. The van der Waals surface area contributed by atoms with Crippen LogP contribution in [0.2, 0.25) is 0 Å². The average molecular weight is 306 g/mol. The summed E-state index contributed by atoms with van der Waals surface area (Å²) in [5, 5.41) is 1.18. The molecule has 2 aromatic rings. The second-order valence-electron chi connectivity index (χ2n) is 5.31. The molecule has 0 aliphatic carbocycles. The zero-order valence-electron chi connectivity index (χ0n) is 12.2. The highest BCUT2D eigenvalue weighted by atomic mass is 32.2. The maximum absolute atomic E-state index is 5.94. The molecule has 0 radical (unpaired) electrons. The molecule has 114 valence electrons. The zero-order valence-corrected chi connectivity index (χ0v) is 13.0. The highest BCUT2D eigenvalue weighted by Crippen LogP contribution is 2.24. The van der Waals surface area contributed by atoms with Crippen LogP contribution in [0.15, 0.2) is 28.7 Å². The molecule has 0 amide bonds. The summed E-state index contributed by atoms with van der Waals surface area (Å²) in [7, 11) is 0. The number of benzene rings is 1. The topological polar surface area (TPSA) is 51.6 Å². The third-order valence-electron chi connectivity index (χ3n) is 3.65. The predicted octanol–water partition coefficient (Wildman–Crippen LogP) is 2.46. The molecule has 4 nitrogen and oxygen atoms in total. The van der Waals surface area contributed by atoms with Crippen molar-refractivity contribution in [2.24, 2.45) is 5.73 Å². The number of thioether (sulfide) groups is 1. The molecule has 2 heterocycles. The normalized spacial score (nSPS) is 16.6. The Balaban J connectivity index is 1.67. The molecule has 2 N–H and O–H groups in total. The third-order valence-corrected chi connectivity index (χ3v) is 4.66. The third kappa shape index (κ3) is 4.01. The van der Waals surface area contributed by atoms with Crippen molar-refractivity contribution in [2.75, 3.05) is 38.6 Å². The van der Waals surface area contributed by atoms with E-state index >= 15 is 0 Å². The minimum absolute atomic E-state index is 0.717. The lowest BCUT2D eigenvalue weighted by atomic mass is 10.1. The molecular weight excluding hydrogens is 284 g/mol. The molecular formula is C16H22N2O2S. The van der Waals surface area contributed by atoms with Gasteiger partial charge in [-0.3, -0.25) is 4.90 Å². The summed E-state index contributed by atoms with van der Waals surface area (Å²) in [5.74, 6) is 2.90. The van der Waals surface area contributed by atoms with Crippen LogP contribution in [0.1, 0.15) is 11.3 Å². The van der Waals surface area contributed by atoms with E-state index in [9.17, 15) is 0 Å². The van der Waals surface area contributed by atoms with E-state index in [1.165, 1.54) is 10.9 Å². The molecule has 1 aliphatic heterocycles. The highest BCUT2D eigenvalue weighted by molar-refractivity contribution is 7.98. The number of morpholine rings is 1. The molecule has 1 aliphatic rings. The molecule has 0 atom stereocenters. The molecule has 0 spiro atoms. The second-order valence-corrected chi connectivity index (χ2v) is 6.42. The first-order valence-corrected chi connectivity index (χ1v) is 8.60. The molecule has 0 saturated carbocycles. The van der Waals surface area contributed by atoms with Crippen LogP contribution in [0.5, 0.6) is 0 Å². The number of rotatable bonds is 6. The second kappa shape index (κ2) is 7.31. The van der Waals surface area contributed by atoms with Crippen molar-refractivity contribution in [3.05, 3.63) is 35.6 Å². The minimum atomic E-state index is 0.717. The average Bonchev–Trinajstić information content (AvgIpc) is 2.90. The van der Waals surface area contributed by atoms with Crippen LogP contribution in [0.25, 0.3) is 11.0 Å². The standard InChI is InChI=1S/C16H22N2O2S/c17-3-8-21-12-15-10-14-2-1-13(9-16(14)20-15)11-18-4-6-19-7-5-18/h1-2,9-10H,3-8,11-12,17H2. The molecule has 0 bridgehead atoms. The van der Waals surface area contributed by atoms with Crippen molar-refractivity contribution in [1.82, 2.24) is 4.90 Å². The van der Waals surface area contributed by atoms with Crippen LogP contribution < -0.4 is 5.73 Å². The molecule has 1 fully saturated rings. The Morgan fingerprint density at radius 1 is 1.19 bits per heavy atom. The Labute approximate surface area is 129 Å². The Morgan fingerprint density at radius 3 is 2.86 bits per heavy atom. The first-order valence-electron chi connectivity index (χ1n) is 7.44. The van der Waals surface area contributed by atoms with Crippen LogP contribution in [0.3, 0.4) is 0 Å². The van der Waals surface area contributed by atoms with E-state index in [1.54, 1.807) is 0 Å². The summed E-state index contributed by atoms with van der Waals surface area (Å²) in [6.07, 6.45) is 0. The Bertz CT molecular complexity index is 579. The van der Waals surface area contributed by atoms with Gasteiger partial charge in [-0.05, 0) is 17.7 Å². The van der Waals surface area contributed by atoms with Gasteiger partial charge in [0.05, 0.1) is 19.0 Å². The molecule has 1 aromatic carbocycles. The number of ether oxygens (including phenoxy) is 1. The van der Waals surface area contributed by atoms with Gasteiger partial charge in [0.1, 0.15) is 11.3 Å². The van der Waals surface area contributed by atoms with Gasteiger partial charge in [-0.15, -0.1) is 0 Å². The van der Waals surface area contributed by atoms with Crippen molar-refractivity contribution in [2.45, 2.75) is 12.3 Å². The van der Waals surface area contributed by atoms with Gasteiger partial charge in [-0.2, -0.15) is 11.8 Å². The summed E-state index contributed by atoms with van der Waals surface area (Å²) < 4.78 is 11.3. The number of hydrogen-bond acceptors (Lipinski definition) is 5. The quantitative estimate of drug-likeness (QED) is 0.831. The van der Waals surface area contributed by atoms with Gasteiger partial charge in [-0.25, -0.2) is 0 Å². The van der Waals surface area contributed by atoms with Crippen LogP contribution in [0.4, 0.5) is 0 Å². The van der Waals surface area contributed by atoms with Gasteiger partial charge in [0.15, 0.2) is 0 Å². The molecule has 3 rings (SSSR count). The first kappa shape index (κ1) is 14.9. The summed E-state index contributed by atoms with van der Waals surface area (Å²) in [5.41, 5.74) is 7.81. The predicted molar refractivity (Wildman–Crippen MR) is 87.5 cm³/mol. The van der Waals surface area contributed by atoms with Gasteiger partial charge in [0.2, 0.25) is 0 Å². The van der Waals surface area contributed by atoms with Gasteiger partial charge in [0, 0.05) is 37.3 Å². The Hall–Kier alpha value is -1.01. The SMILES string of the molecule is NCCSCc1cc2ccc(CN3CCOCC3)cc2o1.